The first kappa shape index (κ1) is 24.2. The van der Waals surface area contributed by atoms with Crippen molar-refractivity contribution in [1.29, 1.82) is 0 Å². The summed E-state index contributed by atoms with van der Waals surface area (Å²) in [5.41, 5.74) is 6.11. The van der Waals surface area contributed by atoms with Gasteiger partial charge in [0, 0.05) is 42.9 Å². The fraction of sp³-hybridized carbons (Fsp3) is 0.429. The number of pyridine rings is 1. The van der Waals surface area contributed by atoms with Crippen LogP contribution >= 0.6 is 0 Å². The number of aromatic nitrogens is 5. The molecular formula is C28H35N7O. The average Bonchev–Trinajstić information content (AvgIpc) is 3.32. The monoisotopic (exact) mass is 485 g/mol. The summed E-state index contributed by atoms with van der Waals surface area (Å²) in [5, 5.41) is 13.8. The van der Waals surface area contributed by atoms with Crippen LogP contribution in [0.1, 0.15) is 54.9 Å². The van der Waals surface area contributed by atoms with Crippen LogP contribution < -0.4 is 10.5 Å². The number of benzene rings is 2. The van der Waals surface area contributed by atoms with Crippen LogP contribution in [0.3, 0.4) is 0 Å². The highest BCUT2D eigenvalue weighted by molar-refractivity contribution is 5.79. The molecule has 2 aromatic heterocycles. The van der Waals surface area contributed by atoms with Crippen molar-refractivity contribution in [2.75, 3.05) is 31.1 Å². The van der Waals surface area contributed by atoms with E-state index in [0.717, 1.165) is 42.6 Å². The molecule has 1 aliphatic rings. The van der Waals surface area contributed by atoms with E-state index in [2.05, 4.69) is 95.3 Å². The molecule has 0 spiro atoms. The van der Waals surface area contributed by atoms with Crippen LogP contribution in [0.5, 0.6) is 0 Å². The minimum absolute atomic E-state index is 0.0986. The van der Waals surface area contributed by atoms with E-state index < -0.39 is 0 Å². The first-order valence-corrected chi connectivity index (χ1v) is 12.6. The van der Waals surface area contributed by atoms with Crippen LogP contribution in [0.25, 0.3) is 10.9 Å². The second-order valence-corrected chi connectivity index (χ2v) is 10.9. The summed E-state index contributed by atoms with van der Waals surface area (Å²) >= 11 is 0. The van der Waals surface area contributed by atoms with Crippen LogP contribution in [0.4, 0.5) is 5.69 Å². The van der Waals surface area contributed by atoms with Gasteiger partial charge in [0.1, 0.15) is 6.04 Å². The lowest BCUT2D eigenvalue weighted by Crippen LogP contribution is -2.49. The number of anilines is 1. The highest BCUT2D eigenvalue weighted by atomic mass is 16.1. The van der Waals surface area contributed by atoms with Gasteiger partial charge in [0.25, 0.3) is 5.56 Å². The predicted octanol–water partition coefficient (Wildman–Crippen LogP) is 4.11. The molecule has 1 aliphatic heterocycles. The fourth-order valence-electron chi connectivity index (χ4n) is 5.18. The van der Waals surface area contributed by atoms with Gasteiger partial charge in [-0.1, -0.05) is 24.3 Å². The third-order valence-corrected chi connectivity index (χ3v) is 7.29. The molecule has 1 saturated heterocycles. The number of H-pyrrole nitrogens is 1. The largest absolute Gasteiger partial charge is 0.369 e. The van der Waals surface area contributed by atoms with Gasteiger partial charge in [-0.15, -0.1) is 5.10 Å². The Bertz CT molecular complexity index is 1460. The number of nitrogens with zero attached hydrogens (tertiary/aromatic N) is 6. The SMILES string of the molecule is Cc1ccc2cc([C@H](c3nnnn3C(C)(C)C)N3CCN(c4cccc(C)c4C)CC3)c(=O)[nH]c2c1. The number of fused-ring (bicyclic) bond motifs is 1. The highest BCUT2D eigenvalue weighted by Gasteiger charge is 2.35. The molecule has 0 unspecified atom stereocenters. The molecular weight excluding hydrogens is 450 g/mol. The van der Waals surface area contributed by atoms with Crippen LogP contribution in [0.2, 0.25) is 0 Å². The van der Waals surface area contributed by atoms with Gasteiger partial charge in [0.15, 0.2) is 5.82 Å². The van der Waals surface area contributed by atoms with E-state index in [1.165, 1.54) is 16.8 Å². The number of nitrogens with one attached hydrogen (secondary N) is 1. The summed E-state index contributed by atoms with van der Waals surface area (Å²) in [5.74, 6) is 0.694. The number of hydrogen-bond donors (Lipinski definition) is 1. The summed E-state index contributed by atoms with van der Waals surface area (Å²) in [6.45, 7) is 15.9. The summed E-state index contributed by atoms with van der Waals surface area (Å²) < 4.78 is 1.85. The van der Waals surface area contributed by atoms with E-state index in [9.17, 15) is 4.79 Å². The van der Waals surface area contributed by atoms with Crippen LogP contribution in [-0.2, 0) is 5.54 Å². The maximum atomic E-state index is 13.5. The smallest absolute Gasteiger partial charge is 0.253 e. The Hall–Kier alpha value is -3.52. The maximum Gasteiger partial charge on any atom is 0.253 e. The van der Waals surface area contributed by atoms with E-state index in [0.29, 0.717) is 11.4 Å². The van der Waals surface area contributed by atoms with Crippen molar-refractivity contribution in [2.24, 2.45) is 0 Å². The lowest BCUT2D eigenvalue weighted by atomic mass is 10.00. The molecule has 4 aromatic rings. The lowest BCUT2D eigenvalue weighted by Gasteiger charge is -2.40. The van der Waals surface area contributed by atoms with Gasteiger partial charge >= 0.3 is 0 Å². The van der Waals surface area contributed by atoms with Crippen molar-refractivity contribution < 1.29 is 0 Å². The molecule has 8 nitrogen and oxygen atoms in total. The Balaban J connectivity index is 1.56. The topological polar surface area (TPSA) is 82.9 Å². The van der Waals surface area contributed by atoms with Gasteiger partial charge in [-0.25, -0.2) is 4.68 Å². The first-order valence-electron chi connectivity index (χ1n) is 12.6. The van der Waals surface area contributed by atoms with E-state index in [1.807, 2.05) is 23.7 Å². The number of tetrazole rings is 1. The Morgan fingerprint density at radius 2 is 1.72 bits per heavy atom. The molecule has 2 aromatic carbocycles. The standard InChI is InChI=1S/C28H35N7O/c1-18-10-11-21-17-22(27(36)29-23(21)16-18)25(26-30-31-32-35(26)28(4,5)6)34-14-12-33(13-15-34)24-9-7-8-19(2)20(24)3/h7-11,16-17,25H,12-15H2,1-6H3,(H,29,36)/t25-/m1/s1. The van der Waals surface area contributed by atoms with Crippen molar-refractivity contribution in [2.45, 2.75) is 53.1 Å². The minimum atomic E-state index is -0.352. The zero-order valence-corrected chi connectivity index (χ0v) is 22.0. The second kappa shape index (κ2) is 9.17. The van der Waals surface area contributed by atoms with Gasteiger partial charge in [0.2, 0.25) is 0 Å². The van der Waals surface area contributed by atoms with Crippen LogP contribution in [0, 0.1) is 20.8 Å². The Morgan fingerprint density at radius 1 is 0.972 bits per heavy atom. The fourth-order valence-corrected chi connectivity index (χ4v) is 5.18. The Morgan fingerprint density at radius 3 is 2.44 bits per heavy atom. The molecule has 0 radical (unpaired) electrons. The molecule has 0 saturated carbocycles. The molecule has 36 heavy (non-hydrogen) atoms. The molecule has 188 valence electrons. The van der Waals surface area contributed by atoms with E-state index in [4.69, 9.17) is 0 Å². The van der Waals surface area contributed by atoms with Gasteiger partial charge in [0.05, 0.1) is 5.54 Å². The van der Waals surface area contributed by atoms with Gasteiger partial charge in [-0.2, -0.15) is 0 Å². The molecule has 5 rings (SSSR count). The third-order valence-electron chi connectivity index (χ3n) is 7.29. The van der Waals surface area contributed by atoms with Crippen LogP contribution in [-0.4, -0.2) is 56.3 Å². The molecule has 0 aliphatic carbocycles. The van der Waals surface area contributed by atoms with Gasteiger partial charge in [-0.3, -0.25) is 9.69 Å². The summed E-state index contributed by atoms with van der Waals surface area (Å²) in [6.07, 6.45) is 0. The summed E-state index contributed by atoms with van der Waals surface area (Å²) in [7, 11) is 0. The molecule has 1 atom stereocenters. The van der Waals surface area contributed by atoms with E-state index in [-0.39, 0.29) is 17.1 Å². The normalized spacial score (nSPS) is 16.0. The molecule has 1 N–H and O–H groups in total. The molecule has 0 bridgehead atoms. The van der Waals surface area contributed by atoms with E-state index in [1.54, 1.807) is 0 Å². The summed E-state index contributed by atoms with van der Waals surface area (Å²) in [4.78, 5) is 21.4. The zero-order chi connectivity index (χ0) is 25.6. The number of hydrogen-bond acceptors (Lipinski definition) is 6. The highest BCUT2D eigenvalue weighted by Crippen LogP contribution is 2.32. The number of aromatic amines is 1. The predicted molar refractivity (Wildman–Crippen MR) is 144 cm³/mol. The molecule has 0 amide bonds. The Kier molecular flexibility index (Phi) is 6.16. The average molecular weight is 486 g/mol. The van der Waals surface area contributed by atoms with Crippen molar-refractivity contribution in [3.05, 3.63) is 80.9 Å². The quantitative estimate of drug-likeness (QED) is 0.469. The Labute approximate surface area is 211 Å². The van der Waals surface area contributed by atoms with Crippen molar-refractivity contribution in [1.82, 2.24) is 30.1 Å². The summed E-state index contributed by atoms with van der Waals surface area (Å²) in [6, 6.07) is 14.3. The second-order valence-electron chi connectivity index (χ2n) is 10.9. The van der Waals surface area contributed by atoms with E-state index >= 15 is 0 Å². The number of piperazine rings is 1. The first-order chi connectivity index (χ1) is 17.1. The van der Waals surface area contributed by atoms with Crippen molar-refractivity contribution >= 4 is 16.6 Å². The minimum Gasteiger partial charge on any atom is -0.369 e. The van der Waals surface area contributed by atoms with Crippen molar-refractivity contribution in [3.63, 3.8) is 0 Å². The maximum absolute atomic E-state index is 13.5. The number of rotatable bonds is 4. The molecule has 1 fully saturated rings. The van der Waals surface area contributed by atoms with Gasteiger partial charge in [-0.05, 0) is 92.2 Å². The zero-order valence-electron chi connectivity index (χ0n) is 22.0. The van der Waals surface area contributed by atoms with Gasteiger partial charge < -0.3 is 9.88 Å². The number of aryl methyl sites for hydroxylation is 2. The third kappa shape index (κ3) is 4.41. The van der Waals surface area contributed by atoms with Crippen molar-refractivity contribution in [3.8, 4) is 0 Å². The van der Waals surface area contributed by atoms with Crippen LogP contribution in [0.15, 0.2) is 47.3 Å². The lowest BCUT2D eigenvalue weighted by molar-refractivity contribution is 0.190. The molecule has 8 heteroatoms. The molecule has 3 heterocycles.